The van der Waals surface area contributed by atoms with E-state index in [1.54, 1.807) is 6.08 Å². The predicted molar refractivity (Wildman–Crippen MR) is 55.8 cm³/mol. The minimum atomic E-state index is 0.738. The highest BCUT2D eigenvalue weighted by molar-refractivity contribution is 9.11. The first kappa shape index (κ1) is 10.7. The summed E-state index contributed by atoms with van der Waals surface area (Å²) in [4.78, 5) is 0. The second-order valence-electron chi connectivity index (χ2n) is 2.81. The van der Waals surface area contributed by atoms with Crippen LogP contribution in [0.15, 0.2) is 35.4 Å². The van der Waals surface area contributed by atoms with Gasteiger partial charge in [0.15, 0.2) is 0 Å². The molecule has 0 heterocycles. The van der Waals surface area contributed by atoms with Crippen molar-refractivity contribution in [2.24, 2.45) is 5.92 Å². The van der Waals surface area contributed by atoms with E-state index in [-0.39, 0.29) is 0 Å². The molecule has 0 saturated carbocycles. The molecule has 0 bridgehead atoms. The molecule has 0 rings (SSSR count). The summed E-state index contributed by atoms with van der Waals surface area (Å²) in [6.45, 7) is 8.04. The fourth-order valence-corrected chi connectivity index (χ4v) is 0.731. The molecule has 0 saturated heterocycles. The first-order chi connectivity index (χ1) is 5.16. The van der Waals surface area contributed by atoms with Crippen molar-refractivity contribution in [3.8, 4) is 0 Å². The Labute approximate surface area is 77.8 Å². The summed E-state index contributed by atoms with van der Waals surface area (Å²) in [5, 5.41) is 0. The molecule has 0 aromatic rings. The molecule has 0 aromatic heterocycles. The van der Waals surface area contributed by atoms with Gasteiger partial charge in [0.25, 0.3) is 0 Å². The zero-order valence-electron chi connectivity index (χ0n) is 7.18. The molecule has 0 N–H and O–H groups in total. The van der Waals surface area contributed by atoms with Gasteiger partial charge in [0.2, 0.25) is 0 Å². The first-order valence-electron chi connectivity index (χ1n) is 3.81. The topological polar surface area (TPSA) is 0 Å². The van der Waals surface area contributed by atoms with E-state index in [0.717, 1.165) is 16.8 Å². The lowest BCUT2D eigenvalue weighted by Crippen LogP contribution is -1.80. The summed E-state index contributed by atoms with van der Waals surface area (Å²) in [5.74, 6) is 0.738. The minimum Gasteiger partial charge on any atom is -0.0979 e. The third-order valence-corrected chi connectivity index (χ3v) is 1.78. The van der Waals surface area contributed by atoms with Crippen molar-refractivity contribution in [1.29, 1.82) is 0 Å². The highest BCUT2D eigenvalue weighted by Crippen LogP contribution is 2.06. The smallest absolute Gasteiger partial charge is 0.0169 e. The Kier molecular flexibility index (Phi) is 6.24. The van der Waals surface area contributed by atoms with E-state index in [1.807, 2.05) is 12.2 Å². The molecule has 62 valence electrons. The lowest BCUT2D eigenvalue weighted by molar-refractivity contribution is 0.664. The van der Waals surface area contributed by atoms with Crippen LogP contribution in [-0.4, -0.2) is 0 Å². The van der Waals surface area contributed by atoms with E-state index in [0.29, 0.717) is 0 Å². The molecule has 0 aromatic carbocycles. The monoisotopic (exact) mass is 214 g/mol. The van der Waals surface area contributed by atoms with Gasteiger partial charge in [-0.05, 0) is 18.4 Å². The average molecular weight is 215 g/mol. The first-order valence-corrected chi connectivity index (χ1v) is 4.61. The quantitative estimate of drug-likeness (QED) is 0.620. The lowest BCUT2D eigenvalue weighted by Gasteiger charge is -1.94. The van der Waals surface area contributed by atoms with E-state index in [9.17, 15) is 0 Å². The van der Waals surface area contributed by atoms with Gasteiger partial charge in [0.1, 0.15) is 0 Å². The maximum atomic E-state index is 3.63. The van der Waals surface area contributed by atoms with Gasteiger partial charge in [0.05, 0.1) is 0 Å². The van der Waals surface area contributed by atoms with E-state index in [2.05, 4.69) is 42.4 Å². The summed E-state index contributed by atoms with van der Waals surface area (Å²) < 4.78 is 1.03. The third-order valence-electron chi connectivity index (χ3n) is 1.19. The predicted octanol–water partition coefficient (Wildman–Crippen LogP) is 4.05. The molecule has 0 fully saturated rings. The molecular weight excluding hydrogens is 200 g/mol. The Hall–Kier alpha value is -0.300. The Morgan fingerprint density at radius 1 is 1.55 bits per heavy atom. The van der Waals surface area contributed by atoms with E-state index >= 15 is 0 Å². The van der Waals surface area contributed by atoms with Crippen LogP contribution < -0.4 is 0 Å². The average Bonchev–Trinajstić information content (AvgIpc) is 1.97. The van der Waals surface area contributed by atoms with Gasteiger partial charge in [-0.1, -0.05) is 54.6 Å². The molecule has 0 spiro atoms. The summed E-state index contributed by atoms with van der Waals surface area (Å²) in [6, 6.07) is 0. The van der Waals surface area contributed by atoms with Gasteiger partial charge in [-0.2, -0.15) is 0 Å². The molecule has 0 unspecified atom stereocenters. The zero-order valence-corrected chi connectivity index (χ0v) is 8.76. The van der Waals surface area contributed by atoms with Crippen LogP contribution in [0.3, 0.4) is 0 Å². The molecular formula is C10H15Br. The molecule has 0 aliphatic rings. The SMILES string of the molecule is C=C/C(Br)=C\C=C/CC(C)C. The van der Waals surface area contributed by atoms with Crippen molar-refractivity contribution in [3.63, 3.8) is 0 Å². The summed E-state index contributed by atoms with van der Waals surface area (Å²) in [5.41, 5.74) is 0. The minimum absolute atomic E-state index is 0.738. The summed E-state index contributed by atoms with van der Waals surface area (Å²) in [7, 11) is 0. The summed E-state index contributed by atoms with van der Waals surface area (Å²) >= 11 is 3.34. The standard InChI is InChI=1S/C10H15Br/c1-4-10(11)8-6-5-7-9(2)3/h4-6,8-9H,1,7H2,2-3H3/b6-5-,10-8+. The van der Waals surface area contributed by atoms with Crippen molar-refractivity contribution in [2.75, 3.05) is 0 Å². The molecule has 1 heteroatoms. The second-order valence-corrected chi connectivity index (χ2v) is 3.73. The fourth-order valence-electron chi connectivity index (χ4n) is 0.579. The molecule has 11 heavy (non-hydrogen) atoms. The van der Waals surface area contributed by atoms with E-state index < -0.39 is 0 Å². The van der Waals surface area contributed by atoms with Crippen molar-refractivity contribution >= 4 is 15.9 Å². The molecule has 0 amide bonds. The van der Waals surface area contributed by atoms with Crippen molar-refractivity contribution in [1.82, 2.24) is 0 Å². The van der Waals surface area contributed by atoms with E-state index in [1.165, 1.54) is 0 Å². The van der Waals surface area contributed by atoms with Gasteiger partial charge in [-0.15, -0.1) is 0 Å². The van der Waals surface area contributed by atoms with Crippen LogP contribution in [0.5, 0.6) is 0 Å². The van der Waals surface area contributed by atoms with Crippen molar-refractivity contribution in [3.05, 3.63) is 35.4 Å². The van der Waals surface area contributed by atoms with Crippen LogP contribution >= 0.6 is 15.9 Å². The number of rotatable bonds is 4. The number of hydrogen-bond donors (Lipinski definition) is 0. The van der Waals surface area contributed by atoms with Crippen LogP contribution in [0.2, 0.25) is 0 Å². The normalized spacial score (nSPS) is 12.9. The Morgan fingerprint density at radius 2 is 2.18 bits per heavy atom. The van der Waals surface area contributed by atoms with Gasteiger partial charge < -0.3 is 0 Å². The number of halogens is 1. The van der Waals surface area contributed by atoms with E-state index in [4.69, 9.17) is 0 Å². The summed E-state index contributed by atoms with van der Waals surface area (Å²) in [6.07, 6.45) is 9.12. The molecule has 0 aliphatic carbocycles. The van der Waals surface area contributed by atoms with Gasteiger partial charge >= 0.3 is 0 Å². The highest BCUT2D eigenvalue weighted by Gasteiger charge is 1.85. The van der Waals surface area contributed by atoms with Crippen LogP contribution in [0.1, 0.15) is 20.3 Å². The van der Waals surface area contributed by atoms with Gasteiger partial charge in [0, 0.05) is 4.48 Å². The Balaban J connectivity index is 3.67. The van der Waals surface area contributed by atoms with Crippen LogP contribution in [0.25, 0.3) is 0 Å². The maximum absolute atomic E-state index is 3.63. The molecule has 0 atom stereocenters. The maximum Gasteiger partial charge on any atom is 0.0169 e. The zero-order chi connectivity index (χ0) is 8.69. The van der Waals surface area contributed by atoms with Gasteiger partial charge in [-0.25, -0.2) is 0 Å². The van der Waals surface area contributed by atoms with Gasteiger partial charge in [-0.3, -0.25) is 0 Å². The van der Waals surface area contributed by atoms with Crippen LogP contribution in [0.4, 0.5) is 0 Å². The van der Waals surface area contributed by atoms with Crippen LogP contribution in [-0.2, 0) is 0 Å². The van der Waals surface area contributed by atoms with Crippen molar-refractivity contribution in [2.45, 2.75) is 20.3 Å². The van der Waals surface area contributed by atoms with Crippen molar-refractivity contribution < 1.29 is 0 Å². The lowest BCUT2D eigenvalue weighted by atomic mass is 10.1. The second kappa shape index (κ2) is 6.41. The fraction of sp³-hybridized carbons (Fsp3) is 0.400. The Bertz CT molecular complexity index is 164. The number of allylic oxidation sites excluding steroid dienone is 5. The molecule has 0 aliphatic heterocycles. The molecule has 0 radical (unpaired) electrons. The Morgan fingerprint density at radius 3 is 2.64 bits per heavy atom. The highest BCUT2D eigenvalue weighted by atomic mass is 79.9. The largest absolute Gasteiger partial charge is 0.0979 e. The number of hydrogen-bond acceptors (Lipinski definition) is 0. The van der Waals surface area contributed by atoms with Crippen LogP contribution in [0, 0.1) is 5.92 Å². The molecule has 0 nitrogen and oxygen atoms in total. The third kappa shape index (κ3) is 7.60.